The predicted octanol–water partition coefficient (Wildman–Crippen LogP) is -0.0529. The smallest absolute Gasteiger partial charge is 0.183 e. The van der Waals surface area contributed by atoms with Crippen molar-refractivity contribution in [3.8, 4) is 0 Å². The van der Waals surface area contributed by atoms with Crippen LogP contribution in [0.15, 0.2) is 12.3 Å². The number of allylic oxidation sites excluding steroid dienone is 1. The van der Waals surface area contributed by atoms with E-state index in [0.29, 0.717) is 0 Å². The van der Waals surface area contributed by atoms with Crippen molar-refractivity contribution in [3.05, 3.63) is 12.3 Å². The standard InChI is InChI=1S/C6H14N2O/c1-5(2)8(4)6(9)7-3/h6-7,9H,1H2,2-4H3. The lowest BCUT2D eigenvalue weighted by Crippen LogP contribution is -2.39. The molecule has 0 radical (unpaired) electrons. The number of aliphatic hydroxyl groups is 1. The van der Waals surface area contributed by atoms with Crippen molar-refractivity contribution in [3.63, 3.8) is 0 Å². The van der Waals surface area contributed by atoms with Gasteiger partial charge < -0.3 is 10.0 Å². The summed E-state index contributed by atoms with van der Waals surface area (Å²) in [6, 6.07) is 0. The van der Waals surface area contributed by atoms with Gasteiger partial charge in [-0.3, -0.25) is 5.32 Å². The summed E-state index contributed by atoms with van der Waals surface area (Å²) in [5.74, 6) is 0. The Labute approximate surface area is 56.0 Å². The van der Waals surface area contributed by atoms with Gasteiger partial charge in [-0.15, -0.1) is 0 Å². The molecule has 0 spiro atoms. The van der Waals surface area contributed by atoms with Gasteiger partial charge in [0.05, 0.1) is 0 Å². The SMILES string of the molecule is C=C(C)N(C)C(O)NC. The Bertz CT molecular complexity index is 103. The number of hydrogen-bond acceptors (Lipinski definition) is 3. The van der Waals surface area contributed by atoms with E-state index in [1.165, 1.54) is 0 Å². The van der Waals surface area contributed by atoms with Gasteiger partial charge in [0.25, 0.3) is 0 Å². The van der Waals surface area contributed by atoms with Gasteiger partial charge in [0, 0.05) is 12.7 Å². The van der Waals surface area contributed by atoms with E-state index in [2.05, 4.69) is 11.9 Å². The molecule has 0 aromatic carbocycles. The van der Waals surface area contributed by atoms with E-state index in [0.717, 1.165) is 5.70 Å². The molecule has 54 valence electrons. The Morgan fingerprint density at radius 2 is 2.22 bits per heavy atom. The maximum atomic E-state index is 9.05. The Hall–Kier alpha value is -0.540. The van der Waals surface area contributed by atoms with Gasteiger partial charge in [-0.1, -0.05) is 6.58 Å². The molecule has 1 atom stereocenters. The Balaban J connectivity index is 3.72. The minimum Gasteiger partial charge on any atom is -0.361 e. The van der Waals surface area contributed by atoms with Crippen LogP contribution in [0.2, 0.25) is 0 Å². The number of rotatable bonds is 3. The van der Waals surface area contributed by atoms with Crippen LogP contribution >= 0.6 is 0 Å². The molecule has 0 heterocycles. The first-order valence-electron chi connectivity index (χ1n) is 2.83. The van der Waals surface area contributed by atoms with E-state index in [1.54, 1.807) is 19.0 Å². The Morgan fingerprint density at radius 3 is 2.33 bits per heavy atom. The van der Waals surface area contributed by atoms with Gasteiger partial charge >= 0.3 is 0 Å². The summed E-state index contributed by atoms with van der Waals surface area (Å²) in [7, 11) is 3.45. The van der Waals surface area contributed by atoms with Crippen LogP contribution in [-0.2, 0) is 0 Å². The summed E-state index contributed by atoms with van der Waals surface area (Å²) >= 11 is 0. The zero-order valence-corrected chi connectivity index (χ0v) is 6.18. The lowest BCUT2D eigenvalue weighted by Gasteiger charge is -2.24. The van der Waals surface area contributed by atoms with Gasteiger partial charge in [-0.2, -0.15) is 0 Å². The van der Waals surface area contributed by atoms with Crippen molar-refractivity contribution in [1.29, 1.82) is 0 Å². The second-order valence-corrected chi connectivity index (χ2v) is 2.01. The third-order valence-corrected chi connectivity index (χ3v) is 1.23. The van der Waals surface area contributed by atoms with Crippen molar-refractivity contribution in [2.75, 3.05) is 14.1 Å². The first-order valence-corrected chi connectivity index (χ1v) is 2.83. The molecule has 0 bridgehead atoms. The highest BCUT2D eigenvalue weighted by Crippen LogP contribution is 1.96. The van der Waals surface area contributed by atoms with Gasteiger partial charge in [0.15, 0.2) is 6.35 Å². The maximum Gasteiger partial charge on any atom is 0.183 e. The van der Waals surface area contributed by atoms with Gasteiger partial charge in [-0.25, -0.2) is 0 Å². The van der Waals surface area contributed by atoms with Crippen LogP contribution in [0.1, 0.15) is 6.92 Å². The molecule has 1 unspecified atom stereocenters. The fourth-order valence-electron chi connectivity index (χ4n) is 0.402. The van der Waals surface area contributed by atoms with Crippen LogP contribution in [0.4, 0.5) is 0 Å². The van der Waals surface area contributed by atoms with E-state index < -0.39 is 6.35 Å². The molecule has 0 aliphatic heterocycles. The zero-order chi connectivity index (χ0) is 7.44. The Morgan fingerprint density at radius 1 is 1.78 bits per heavy atom. The molecule has 0 aliphatic carbocycles. The molecule has 0 aromatic rings. The first kappa shape index (κ1) is 8.46. The highest BCUT2D eigenvalue weighted by atomic mass is 16.3. The van der Waals surface area contributed by atoms with Crippen molar-refractivity contribution in [2.24, 2.45) is 0 Å². The van der Waals surface area contributed by atoms with E-state index in [-0.39, 0.29) is 0 Å². The summed E-state index contributed by atoms with van der Waals surface area (Å²) < 4.78 is 0. The topological polar surface area (TPSA) is 35.5 Å². The van der Waals surface area contributed by atoms with Crippen molar-refractivity contribution in [1.82, 2.24) is 10.2 Å². The van der Waals surface area contributed by atoms with E-state index in [1.807, 2.05) is 6.92 Å². The van der Waals surface area contributed by atoms with E-state index in [4.69, 9.17) is 5.11 Å². The number of nitrogens with zero attached hydrogens (tertiary/aromatic N) is 1. The zero-order valence-electron chi connectivity index (χ0n) is 6.18. The number of aliphatic hydroxyl groups excluding tert-OH is 1. The third-order valence-electron chi connectivity index (χ3n) is 1.23. The fourth-order valence-corrected chi connectivity index (χ4v) is 0.402. The van der Waals surface area contributed by atoms with Crippen LogP contribution in [0.25, 0.3) is 0 Å². The summed E-state index contributed by atoms with van der Waals surface area (Å²) in [4.78, 5) is 1.64. The fraction of sp³-hybridized carbons (Fsp3) is 0.667. The Kier molecular flexibility index (Phi) is 3.27. The highest BCUT2D eigenvalue weighted by Gasteiger charge is 2.04. The average molecular weight is 130 g/mol. The monoisotopic (exact) mass is 130 g/mol. The molecule has 0 saturated carbocycles. The van der Waals surface area contributed by atoms with Gasteiger partial charge in [0.1, 0.15) is 0 Å². The predicted molar refractivity (Wildman–Crippen MR) is 37.6 cm³/mol. The third kappa shape index (κ3) is 2.49. The summed E-state index contributed by atoms with van der Waals surface area (Å²) in [5.41, 5.74) is 0.830. The summed E-state index contributed by atoms with van der Waals surface area (Å²) in [5, 5.41) is 11.7. The van der Waals surface area contributed by atoms with Crippen LogP contribution in [0.3, 0.4) is 0 Å². The largest absolute Gasteiger partial charge is 0.361 e. The lowest BCUT2D eigenvalue weighted by atomic mass is 10.5. The lowest BCUT2D eigenvalue weighted by molar-refractivity contribution is 0.0234. The van der Waals surface area contributed by atoms with E-state index in [9.17, 15) is 0 Å². The molecule has 0 saturated heterocycles. The first-order chi connectivity index (χ1) is 4.09. The summed E-state index contributed by atoms with van der Waals surface area (Å²) in [6.07, 6.45) is -0.623. The number of nitrogens with one attached hydrogen (secondary N) is 1. The highest BCUT2D eigenvalue weighted by molar-refractivity contribution is 4.86. The molecule has 0 rings (SSSR count). The summed E-state index contributed by atoms with van der Waals surface area (Å²) in [6.45, 7) is 5.48. The molecule has 0 amide bonds. The van der Waals surface area contributed by atoms with Crippen LogP contribution in [-0.4, -0.2) is 30.5 Å². The molecular weight excluding hydrogens is 116 g/mol. The molecule has 0 aliphatic rings. The van der Waals surface area contributed by atoms with Crippen LogP contribution in [0, 0.1) is 0 Å². The van der Waals surface area contributed by atoms with Gasteiger partial charge in [0.2, 0.25) is 0 Å². The number of hydrogen-bond donors (Lipinski definition) is 2. The molecule has 3 heteroatoms. The second-order valence-electron chi connectivity index (χ2n) is 2.01. The molecule has 9 heavy (non-hydrogen) atoms. The minimum absolute atomic E-state index is 0.623. The molecule has 3 nitrogen and oxygen atoms in total. The van der Waals surface area contributed by atoms with Crippen molar-refractivity contribution in [2.45, 2.75) is 13.3 Å². The van der Waals surface area contributed by atoms with Crippen molar-refractivity contribution >= 4 is 0 Å². The van der Waals surface area contributed by atoms with Crippen molar-refractivity contribution < 1.29 is 5.11 Å². The normalized spacial score (nSPS) is 12.9. The molecular formula is C6H14N2O. The van der Waals surface area contributed by atoms with E-state index >= 15 is 0 Å². The molecule has 0 fully saturated rings. The van der Waals surface area contributed by atoms with Crippen LogP contribution in [0.5, 0.6) is 0 Å². The average Bonchev–Trinajstić information content (AvgIpc) is 1.84. The minimum atomic E-state index is -0.623. The molecule has 0 aromatic heterocycles. The van der Waals surface area contributed by atoms with Crippen LogP contribution < -0.4 is 5.32 Å². The maximum absolute atomic E-state index is 9.05. The quantitative estimate of drug-likeness (QED) is 0.526. The second kappa shape index (κ2) is 3.48. The van der Waals surface area contributed by atoms with Gasteiger partial charge in [-0.05, 0) is 14.0 Å². The molecule has 2 N–H and O–H groups in total.